The molecule has 8 heteroatoms. The van der Waals surface area contributed by atoms with Crippen molar-refractivity contribution in [3.05, 3.63) is 64.9 Å². The van der Waals surface area contributed by atoms with E-state index in [9.17, 15) is 20.4 Å². The van der Waals surface area contributed by atoms with Gasteiger partial charge in [0.1, 0.15) is 11.5 Å². The lowest BCUT2D eigenvalue weighted by Gasteiger charge is -2.37. The summed E-state index contributed by atoms with van der Waals surface area (Å²) in [5.41, 5.74) is 0.944. The van der Waals surface area contributed by atoms with Gasteiger partial charge in [-0.2, -0.15) is 0 Å². The molecule has 4 rings (SSSR count). The third-order valence-corrected chi connectivity index (χ3v) is 5.59. The van der Waals surface area contributed by atoms with Crippen molar-refractivity contribution < 1.29 is 20.4 Å². The SMILES string of the molecule is CC.OCC1(O)CCC(O)(O)N1Cc1nc2ccccc2n1Cc1ccc(Cl)cc1. The molecule has 2 heterocycles. The van der Waals surface area contributed by atoms with E-state index in [-0.39, 0.29) is 19.4 Å². The number of hydrogen-bond acceptors (Lipinski definition) is 6. The number of rotatable bonds is 5. The number of fused-ring (bicyclic) bond motifs is 1. The van der Waals surface area contributed by atoms with Gasteiger partial charge in [0, 0.05) is 18.0 Å². The smallest absolute Gasteiger partial charge is 0.227 e. The second-order valence-electron chi connectivity index (χ2n) is 7.23. The van der Waals surface area contributed by atoms with Crippen molar-refractivity contribution in [2.75, 3.05) is 6.61 Å². The van der Waals surface area contributed by atoms with E-state index in [0.29, 0.717) is 17.4 Å². The Morgan fingerprint density at radius 2 is 1.63 bits per heavy atom. The predicted molar refractivity (Wildman–Crippen MR) is 116 cm³/mol. The third-order valence-electron chi connectivity index (χ3n) is 5.34. The van der Waals surface area contributed by atoms with E-state index in [1.807, 2.05) is 66.9 Å². The lowest BCUT2D eigenvalue weighted by atomic mass is 10.1. The minimum Gasteiger partial charge on any atom is -0.392 e. The molecule has 30 heavy (non-hydrogen) atoms. The molecule has 162 valence electrons. The van der Waals surface area contributed by atoms with Crippen molar-refractivity contribution in [3.63, 3.8) is 0 Å². The van der Waals surface area contributed by atoms with Crippen LogP contribution in [0.5, 0.6) is 0 Å². The molecule has 2 aromatic carbocycles. The minimum atomic E-state index is -2.22. The zero-order chi connectivity index (χ0) is 21.9. The van der Waals surface area contributed by atoms with Crippen LogP contribution < -0.4 is 0 Å². The number of imidazole rings is 1. The van der Waals surface area contributed by atoms with Gasteiger partial charge in [-0.05, 0) is 36.2 Å². The maximum Gasteiger partial charge on any atom is 0.227 e. The van der Waals surface area contributed by atoms with Crippen molar-refractivity contribution in [3.8, 4) is 0 Å². The maximum atomic E-state index is 10.6. The van der Waals surface area contributed by atoms with Crippen LogP contribution in [-0.4, -0.2) is 53.1 Å². The molecule has 7 nitrogen and oxygen atoms in total. The Kier molecular flexibility index (Phi) is 6.81. The number of nitrogens with zero attached hydrogens (tertiary/aromatic N) is 3. The second kappa shape index (κ2) is 9.01. The van der Waals surface area contributed by atoms with E-state index < -0.39 is 18.2 Å². The van der Waals surface area contributed by atoms with Crippen LogP contribution in [0.4, 0.5) is 0 Å². The molecule has 1 saturated heterocycles. The number of aromatic nitrogens is 2. The molecule has 1 aromatic heterocycles. The molecule has 0 amide bonds. The second-order valence-corrected chi connectivity index (χ2v) is 7.67. The first kappa shape index (κ1) is 22.7. The van der Waals surface area contributed by atoms with Gasteiger partial charge in [-0.1, -0.05) is 49.7 Å². The van der Waals surface area contributed by atoms with Crippen molar-refractivity contribution in [1.82, 2.24) is 14.5 Å². The summed E-state index contributed by atoms with van der Waals surface area (Å²) in [5, 5.41) is 41.6. The monoisotopic (exact) mass is 433 g/mol. The highest BCUT2D eigenvalue weighted by Crippen LogP contribution is 2.38. The largest absolute Gasteiger partial charge is 0.392 e. The summed E-state index contributed by atoms with van der Waals surface area (Å²) < 4.78 is 1.96. The van der Waals surface area contributed by atoms with E-state index in [4.69, 9.17) is 11.6 Å². The molecule has 0 radical (unpaired) electrons. The maximum absolute atomic E-state index is 10.6. The molecule has 4 N–H and O–H groups in total. The van der Waals surface area contributed by atoms with Crippen LogP contribution in [0.1, 0.15) is 38.1 Å². The van der Waals surface area contributed by atoms with Gasteiger partial charge in [-0.25, -0.2) is 9.88 Å². The highest BCUT2D eigenvalue weighted by molar-refractivity contribution is 6.30. The topological polar surface area (TPSA) is 102 Å². The lowest BCUT2D eigenvalue weighted by Crippen LogP contribution is -2.55. The normalized spacial score (nSPS) is 20.9. The van der Waals surface area contributed by atoms with E-state index in [0.717, 1.165) is 21.5 Å². The minimum absolute atomic E-state index is 0.0354. The molecule has 1 aliphatic heterocycles. The number of likely N-dealkylation sites (tertiary alicyclic amines) is 1. The highest BCUT2D eigenvalue weighted by Gasteiger charge is 2.53. The van der Waals surface area contributed by atoms with E-state index >= 15 is 0 Å². The fourth-order valence-corrected chi connectivity index (χ4v) is 3.87. The van der Waals surface area contributed by atoms with Crippen molar-refractivity contribution >= 4 is 22.6 Å². The molecule has 1 unspecified atom stereocenters. The Balaban J connectivity index is 0.00000124. The molecule has 3 aromatic rings. The van der Waals surface area contributed by atoms with Gasteiger partial charge in [0.25, 0.3) is 0 Å². The summed E-state index contributed by atoms with van der Waals surface area (Å²) in [6.07, 6.45) is -0.0185. The molecule has 0 spiro atoms. The fraction of sp³-hybridized carbons (Fsp3) is 0.409. The van der Waals surface area contributed by atoms with Crippen LogP contribution in [0.25, 0.3) is 11.0 Å². The molecular formula is C22H28ClN3O4. The average molecular weight is 434 g/mol. The number of aliphatic hydroxyl groups excluding tert-OH is 1. The van der Waals surface area contributed by atoms with Crippen LogP contribution in [-0.2, 0) is 13.1 Å². The van der Waals surface area contributed by atoms with Gasteiger partial charge in [-0.3, -0.25) is 0 Å². The number of para-hydroxylation sites is 2. The third kappa shape index (κ3) is 4.37. The number of benzene rings is 2. The van der Waals surface area contributed by atoms with Crippen LogP contribution in [0.3, 0.4) is 0 Å². The Bertz CT molecular complexity index is 990. The number of hydrogen-bond donors (Lipinski definition) is 4. The first-order chi connectivity index (χ1) is 14.3. The molecule has 0 saturated carbocycles. The molecule has 0 aliphatic carbocycles. The lowest BCUT2D eigenvalue weighted by molar-refractivity contribution is -0.299. The summed E-state index contributed by atoms with van der Waals surface area (Å²) in [6.45, 7) is 3.86. The van der Waals surface area contributed by atoms with Gasteiger partial charge in [0.2, 0.25) is 5.91 Å². The Morgan fingerprint density at radius 3 is 2.30 bits per heavy atom. The zero-order valence-corrected chi connectivity index (χ0v) is 17.9. The molecule has 1 aliphatic rings. The number of aliphatic hydroxyl groups is 4. The predicted octanol–water partition coefficient (Wildman–Crippen LogP) is 2.68. The molecule has 0 bridgehead atoms. The van der Waals surface area contributed by atoms with E-state index in [1.165, 1.54) is 0 Å². The van der Waals surface area contributed by atoms with Gasteiger partial charge < -0.3 is 25.0 Å². The Labute approximate surface area is 180 Å². The zero-order valence-electron chi connectivity index (χ0n) is 17.2. The molecule has 1 atom stereocenters. The van der Waals surface area contributed by atoms with Gasteiger partial charge in [-0.15, -0.1) is 0 Å². The Morgan fingerprint density at radius 1 is 0.967 bits per heavy atom. The van der Waals surface area contributed by atoms with Crippen LogP contribution >= 0.6 is 11.6 Å². The number of halogens is 1. The Hall–Kier alpha value is -2.00. The van der Waals surface area contributed by atoms with E-state index in [2.05, 4.69) is 4.98 Å². The standard InChI is InChI=1S/C20H22ClN3O4.C2H6/c21-15-7-5-14(6-8-15)11-23-17-4-2-1-3-16(17)22-18(23)12-24-19(26,13-25)9-10-20(24,27)28;1-2/h1-8,25-28H,9-13H2;1-2H3. The van der Waals surface area contributed by atoms with Crippen LogP contribution in [0.15, 0.2) is 48.5 Å². The summed E-state index contributed by atoms with van der Waals surface area (Å²) in [4.78, 5) is 5.73. The quantitative estimate of drug-likeness (QED) is 0.461. The summed E-state index contributed by atoms with van der Waals surface area (Å²) in [6, 6.07) is 15.1. The van der Waals surface area contributed by atoms with E-state index in [1.54, 1.807) is 0 Å². The van der Waals surface area contributed by atoms with Gasteiger partial charge in [0.05, 0.1) is 24.2 Å². The first-order valence-electron chi connectivity index (χ1n) is 10.1. The van der Waals surface area contributed by atoms with Gasteiger partial charge >= 0.3 is 0 Å². The fourth-order valence-electron chi connectivity index (χ4n) is 3.75. The summed E-state index contributed by atoms with van der Waals surface area (Å²) in [5.74, 6) is -1.67. The van der Waals surface area contributed by atoms with Gasteiger partial charge in [0.15, 0.2) is 0 Å². The molecular weight excluding hydrogens is 406 g/mol. The van der Waals surface area contributed by atoms with Crippen molar-refractivity contribution in [2.24, 2.45) is 0 Å². The van der Waals surface area contributed by atoms with Crippen LogP contribution in [0, 0.1) is 0 Å². The van der Waals surface area contributed by atoms with Crippen LogP contribution in [0.2, 0.25) is 5.02 Å². The first-order valence-corrected chi connectivity index (χ1v) is 10.4. The summed E-state index contributed by atoms with van der Waals surface area (Å²) in [7, 11) is 0. The highest BCUT2D eigenvalue weighted by atomic mass is 35.5. The molecule has 1 fully saturated rings. The van der Waals surface area contributed by atoms with Crippen molar-refractivity contribution in [1.29, 1.82) is 0 Å². The average Bonchev–Trinajstić information content (AvgIpc) is 3.21. The van der Waals surface area contributed by atoms with Crippen molar-refractivity contribution in [2.45, 2.75) is 51.4 Å². The summed E-state index contributed by atoms with van der Waals surface area (Å²) >= 11 is 5.98.